The zero-order valence-electron chi connectivity index (χ0n) is 12.8. The van der Waals surface area contributed by atoms with Gasteiger partial charge in [0.05, 0.1) is 18.2 Å². The van der Waals surface area contributed by atoms with Crippen LogP contribution in [0.25, 0.3) is 0 Å². The van der Waals surface area contributed by atoms with Gasteiger partial charge in [-0.2, -0.15) is 0 Å². The van der Waals surface area contributed by atoms with E-state index in [9.17, 15) is 9.59 Å². The molecule has 2 aromatic rings. The molecule has 0 saturated heterocycles. The predicted octanol–water partition coefficient (Wildman–Crippen LogP) is 1.85. The average molecular weight is 338 g/mol. The second-order valence-corrected chi connectivity index (χ2v) is 4.99. The summed E-state index contributed by atoms with van der Waals surface area (Å²) in [5.74, 6) is -0.382. The van der Waals surface area contributed by atoms with E-state index >= 15 is 0 Å². The second kappa shape index (κ2) is 8.36. The van der Waals surface area contributed by atoms with Crippen molar-refractivity contribution in [1.29, 1.82) is 0 Å². The van der Waals surface area contributed by atoms with Crippen LogP contribution in [-0.2, 0) is 11.3 Å². The van der Waals surface area contributed by atoms with Gasteiger partial charge in [-0.1, -0.05) is 30.3 Å². The summed E-state index contributed by atoms with van der Waals surface area (Å²) in [4.78, 5) is 25.4. The summed E-state index contributed by atoms with van der Waals surface area (Å²) in [6.45, 7) is 1.88. The van der Waals surface area contributed by atoms with Gasteiger partial charge in [0.1, 0.15) is 18.6 Å². The van der Waals surface area contributed by atoms with Crippen LogP contribution in [0.5, 0.6) is 0 Å². The molecule has 0 aliphatic heterocycles. The van der Waals surface area contributed by atoms with E-state index in [1.807, 2.05) is 37.3 Å². The summed E-state index contributed by atoms with van der Waals surface area (Å²) >= 11 is 0. The molecule has 0 radical (unpaired) electrons. The SMILES string of the molecule is C[C@H](c1ccccc1)N(CC(N)=O)C(=O)c1coc(CN)c1.Cl. The molecule has 1 heterocycles. The van der Waals surface area contributed by atoms with Gasteiger partial charge in [0.2, 0.25) is 5.91 Å². The van der Waals surface area contributed by atoms with Gasteiger partial charge in [0.15, 0.2) is 0 Å². The number of furan rings is 1. The van der Waals surface area contributed by atoms with Gasteiger partial charge in [0.25, 0.3) is 5.91 Å². The number of hydrogen-bond acceptors (Lipinski definition) is 4. The molecule has 6 nitrogen and oxygen atoms in total. The maximum atomic E-state index is 12.6. The molecule has 0 fully saturated rings. The minimum Gasteiger partial charge on any atom is -0.467 e. The molecule has 0 unspecified atom stereocenters. The van der Waals surface area contributed by atoms with Crippen molar-refractivity contribution in [3.8, 4) is 0 Å². The summed E-state index contributed by atoms with van der Waals surface area (Å²) < 4.78 is 5.19. The Labute approximate surface area is 140 Å². The highest BCUT2D eigenvalue weighted by Crippen LogP contribution is 2.22. The number of rotatable bonds is 6. The lowest BCUT2D eigenvalue weighted by molar-refractivity contribution is -0.119. The minimum atomic E-state index is -0.571. The van der Waals surface area contributed by atoms with E-state index < -0.39 is 5.91 Å². The molecule has 124 valence electrons. The highest BCUT2D eigenvalue weighted by Gasteiger charge is 2.25. The van der Waals surface area contributed by atoms with Crippen LogP contribution in [0.3, 0.4) is 0 Å². The molecule has 23 heavy (non-hydrogen) atoms. The van der Waals surface area contributed by atoms with E-state index in [2.05, 4.69) is 0 Å². The van der Waals surface area contributed by atoms with E-state index in [0.29, 0.717) is 11.3 Å². The summed E-state index contributed by atoms with van der Waals surface area (Å²) in [6.07, 6.45) is 1.34. The van der Waals surface area contributed by atoms with Crippen LogP contribution in [0.1, 0.15) is 34.6 Å². The number of nitrogens with zero attached hydrogens (tertiary/aromatic N) is 1. The molecule has 1 aromatic heterocycles. The Morgan fingerprint density at radius 3 is 2.43 bits per heavy atom. The van der Waals surface area contributed by atoms with Gasteiger partial charge in [-0.15, -0.1) is 12.4 Å². The number of hydrogen-bond donors (Lipinski definition) is 2. The van der Waals surface area contributed by atoms with Gasteiger partial charge in [-0.3, -0.25) is 9.59 Å². The van der Waals surface area contributed by atoms with Crippen LogP contribution in [0.15, 0.2) is 47.1 Å². The van der Waals surface area contributed by atoms with Gasteiger partial charge < -0.3 is 20.8 Å². The normalized spacial score (nSPS) is 11.4. The number of primary amides is 1. The highest BCUT2D eigenvalue weighted by atomic mass is 35.5. The van der Waals surface area contributed by atoms with E-state index in [1.165, 1.54) is 11.2 Å². The van der Waals surface area contributed by atoms with Crippen LogP contribution < -0.4 is 11.5 Å². The molecule has 0 spiro atoms. The van der Waals surface area contributed by atoms with Crippen molar-refractivity contribution in [1.82, 2.24) is 4.90 Å². The maximum Gasteiger partial charge on any atom is 0.258 e. The Hall–Kier alpha value is -2.31. The maximum absolute atomic E-state index is 12.6. The summed E-state index contributed by atoms with van der Waals surface area (Å²) in [6, 6.07) is 10.7. The molecule has 2 amide bonds. The first-order valence-electron chi connectivity index (χ1n) is 6.94. The molecular formula is C16H20ClN3O3. The lowest BCUT2D eigenvalue weighted by atomic mass is 10.1. The van der Waals surface area contributed by atoms with Crippen molar-refractivity contribution in [2.24, 2.45) is 11.5 Å². The third-order valence-electron chi connectivity index (χ3n) is 3.44. The van der Waals surface area contributed by atoms with Crippen LogP contribution in [-0.4, -0.2) is 23.3 Å². The first-order valence-corrected chi connectivity index (χ1v) is 6.94. The fourth-order valence-corrected chi connectivity index (χ4v) is 2.23. The molecule has 1 atom stereocenters. The number of halogens is 1. The second-order valence-electron chi connectivity index (χ2n) is 4.99. The van der Waals surface area contributed by atoms with E-state index in [-0.39, 0.29) is 37.4 Å². The standard InChI is InChI=1S/C16H19N3O3.ClH/c1-11(12-5-3-2-4-6-12)19(9-15(18)20)16(21)13-7-14(8-17)22-10-13;/h2-7,10-11H,8-9,17H2,1H3,(H2,18,20);1H/t11-;/m1./s1. The third-order valence-corrected chi connectivity index (χ3v) is 3.44. The Morgan fingerprint density at radius 1 is 1.26 bits per heavy atom. The topological polar surface area (TPSA) is 103 Å². The van der Waals surface area contributed by atoms with Crippen LogP contribution >= 0.6 is 12.4 Å². The van der Waals surface area contributed by atoms with E-state index in [4.69, 9.17) is 15.9 Å². The highest BCUT2D eigenvalue weighted by molar-refractivity contribution is 5.96. The van der Waals surface area contributed by atoms with E-state index in [1.54, 1.807) is 6.07 Å². The largest absolute Gasteiger partial charge is 0.467 e. The number of benzene rings is 1. The predicted molar refractivity (Wildman–Crippen MR) is 88.9 cm³/mol. The fourth-order valence-electron chi connectivity index (χ4n) is 2.23. The molecule has 0 aliphatic carbocycles. The molecule has 0 aliphatic rings. The first kappa shape index (κ1) is 18.7. The molecule has 4 N–H and O–H groups in total. The molecule has 0 bridgehead atoms. The zero-order valence-corrected chi connectivity index (χ0v) is 13.6. The average Bonchev–Trinajstić information content (AvgIpc) is 3.01. The summed E-state index contributed by atoms with van der Waals surface area (Å²) in [5.41, 5.74) is 12.0. The van der Waals surface area contributed by atoms with Crippen LogP contribution in [0.2, 0.25) is 0 Å². The van der Waals surface area contributed by atoms with Crippen molar-refractivity contribution in [3.05, 3.63) is 59.5 Å². The fraction of sp³-hybridized carbons (Fsp3) is 0.250. The lowest BCUT2D eigenvalue weighted by Crippen LogP contribution is -2.40. The summed E-state index contributed by atoms with van der Waals surface area (Å²) in [7, 11) is 0. The molecule has 1 aromatic carbocycles. The van der Waals surface area contributed by atoms with Crippen LogP contribution in [0, 0.1) is 0 Å². The quantitative estimate of drug-likeness (QED) is 0.839. The third kappa shape index (κ3) is 4.58. The molecular weight excluding hydrogens is 318 g/mol. The summed E-state index contributed by atoms with van der Waals surface area (Å²) in [5, 5.41) is 0. The monoisotopic (exact) mass is 337 g/mol. The van der Waals surface area contributed by atoms with Crippen LogP contribution in [0.4, 0.5) is 0 Å². The van der Waals surface area contributed by atoms with Gasteiger partial charge >= 0.3 is 0 Å². The number of amides is 2. The smallest absolute Gasteiger partial charge is 0.258 e. The first-order chi connectivity index (χ1) is 10.5. The Kier molecular flexibility index (Phi) is 6.81. The van der Waals surface area contributed by atoms with Gasteiger partial charge in [-0.05, 0) is 18.6 Å². The molecule has 7 heteroatoms. The molecule has 2 rings (SSSR count). The number of carbonyl (C=O) groups excluding carboxylic acids is 2. The van der Waals surface area contributed by atoms with Gasteiger partial charge in [0, 0.05) is 0 Å². The Balaban J connectivity index is 0.00000264. The Bertz CT molecular complexity index is 658. The van der Waals surface area contributed by atoms with Crippen molar-refractivity contribution >= 4 is 24.2 Å². The van der Waals surface area contributed by atoms with Crippen molar-refractivity contribution in [2.75, 3.05) is 6.54 Å². The van der Waals surface area contributed by atoms with E-state index in [0.717, 1.165) is 5.56 Å². The minimum absolute atomic E-state index is 0. The molecule has 0 saturated carbocycles. The van der Waals surface area contributed by atoms with Gasteiger partial charge in [-0.25, -0.2) is 0 Å². The zero-order chi connectivity index (χ0) is 16.1. The van der Waals surface area contributed by atoms with Crippen molar-refractivity contribution in [3.63, 3.8) is 0 Å². The number of nitrogens with two attached hydrogens (primary N) is 2. The van der Waals surface area contributed by atoms with Crippen molar-refractivity contribution < 1.29 is 14.0 Å². The Morgan fingerprint density at radius 2 is 1.91 bits per heavy atom. The van der Waals surface area contributed by atoms with Crippen molar-refractivity contribution in [2.45, 2.75) is 19.5 Å². The lowest BCUT2D eigenvalue weighted by Gasteiger charge is -2.28. The number of carbonyl (C=O) groups is 2.